The van der Waals surface area contributed by atoms with Crippen LogP contribution < -0.4 is 5.32 Å². The molecular weight excluding hydrogens is 268 g/mol. The van der Waals surface area contributed by atoms with Crippen molar-refractivity contribution in [1.29, 1.82) is 0 Å². The number of nitrogens with one attached hydrogen (secondary N) is 1. The van der Waals surface area contributed by atoms with Crippen molar-refractivity contribution in [3.05, 3.63) is 0 Å². The quantitative estimate of drug-likeness (QED) is 0.812. The maximum absolute atomic E-state index is 12.1. The highest BCUT2D eigenvalue weighted by molar-refractivity contribution is 5.79. The number of carbonyl (C=O) groups is 1. The average molecular weight is 296 g/mol. The summed E-state index contributed by atoms with van der Waals surface area (Å²) in [7, 11) is 0. The summed E-state index contributed by atoms with van der Waals surface area (Å²) >= 11 is 0. The van der Waals surface area contributed by atoms with Crippen LogP contribution in [0.1, 0.15) is 44.9 Å². The second kappa shape index (κ2) is 7.07. The van der Waals surface area contributed by atoms with Gasteiger partial charge in [0, 0.05) is 31.8 Å². The van der Waals surface area contributed by atoms with Crippen LogP contribution in [0.2, 0.25) is 0 Å². The van der Waals surface area contributed by atoms with Gasteiger partial charge in [-0.1, -0.05) is 12.8 Å². The maximum Gasteiger partial charge on any atom is 0.225 e. The van der Waals surface area contributed by atoms with Crippen molar-refractivity contribution < 1.29 is 14.6 Å². The smallest absolute Gasteiger partial charge is 0.225 e. The SMILES string of the molecule is O=C(NC1CCN(C2CCCCC2O)CC1)C1CCOC1. The van der Waals surface area contributed by atoms with Gasteiger partial charge in [-0.2, -0.15) is 0 Å². The molecule has 0 bridgehead atoms. The molecule has 5 nitrogen and oxygen atoms in total. The molecule has 0 aromatic heterocycles. The zero-order valence-electron chi connectivity index (χ0n) is 12.8. The number of carbonyl (C=O) groups excluding carboxylic acids is 1. The summed E-state index contributed by atoms with van der Waals surface area (Å²) in [6.45, 7) is 3.29. The first-order valence-electron chi connectivity index (χ1n) is 8.54. The number of hydrogen-bond acceptors (Lipinski definition) is 4. The molecule has 3 rings (SSSR count). The van der Waals surface area contributed by atoms with Crippen LogP contribution in [-0.4, -0.2) is 60.4 Å². The number of nitrogens with zero attached hydrogens (tertiary/aromatic N) is 1. The van der Waals surface area contributed by atoms with Gasteiger partial charge >= 0.3 is 0 Å². The first kappa shape index (κ1) is 15.3. The van der Waals surface area contributed by atoms with Gasteiger partial charge in [-0.15, -0.1) is 0 Å². The number of hydrogen-bond donors (Lipinski definition) is 2. The minimum Gasteiger partial charge on any atom is -0.391 e. The number of aliphatic hydroxyl groups excluding tert-OH is 1. The number of piperidine rings is 1. The molecule has 3 fully saturated rings. The molecule has 1 amide bonds. The molecule has 2 aliphatic heterocycles. The fourth-order valence-electron chi connectivity index (χ4n) is 3.95. The standard InChI is InChI=1S/C16H28N2O3/c19-15-4-2-1-3-14(15)18-8-5-13(6-9-18)17-16(20)12-7-10-21-11-12/h12-15,19H,1-11H2,(H,17,20). The van der Waals surface area contributed by atoms with Crippen molar-refractivity contribution in [3.8, 4) is 0 Å². The molecule has 120 valence electrons. The molecule has 5 heteroatoms. The van der Waals surface area contributed by atoms with E-state index >= 15 is 0 Å². The van der Waals surface area contributed by atoms with Crippen LogP contribution >= 0.6 is 0 Å². The Labute approximate surface area is 127 Å². The predicted molar refractivity (Wildman–Crippen MR) is 79.9 cm³/mol. The Hall–Kier alpha value is -0.650. The monoisotopic (exact) mass is 296 g/mol. The van der Waals surface area contributed by atoms with Crippen LogP contribution in [0.15, 0.2) is 0 Å². The summed E-state index contributed by atoms with van der Waals surface area (Å²) in [4.78, 5) is 14.5. The molecule has 0 aromatic rings. The zero-order valence-corrected chi connectivity index (χ0v) is 12.8. The van der Waals surface area contributed by atoms with Gasteiger partial charge in [0.05, 0.1) is 18.6 Å². The third-order valence-electron chi connectivity index (χ3n) is 5.34. The van der Waals surface area contributed by atoms with Gasteiger partial charge in [-0.25, -0.2) is 0 Å². The summed E-state index contributed by atoms with van der Waals surface area (Å²) in [5, 5.41) is 13.3. The Morgan fingerprint density at radius 2 is 1.86 bits per heavy atom. The third-order valence-corrected chi connectivity index (χ3v) is 5.34. The average Bonchev–Trinajstić information content (AvgIpc) is 3.03. The van der Waals surface area contributed by atoms with Crippen molar-refractivity contribution in [2.24, 2.45) is 5.92 Å². The van der Waals surface area contributed by atoms with E-state index in [-0.39, 0.29) is 17.9 Å². The minimum atomic E-state index is -0.152. The lowest BCUT2D eigenvalue weighted by atomic mass is 9.89. The third kappa shape index (κ3) is 3.76. The first-order chi connectivity index (χ1) is 10.2. The molecule has 1 saturated carbocycles. The highest BCUT2D eigenvalue weighted by Gasteiger charge is 2.32. The molecule has 21 heavy (non-hydrogen) atoms. The van der Waals surface area contributed by atoms with E-state index < -0.39 is 0 Å². The van der Waals surface area contributed by atoms with Crippen LogP contribution in [0.3, 0.4) is 0 Å². The van der Waals surface area contributed by atoms with E-state index in [2.05, 4.69) is 10.2 Å². The zero-order chi connectivity index (χ0) is 14.7. The van der Waals surface area contributed by atoms with Gasteiger partial charge in [0.25, 0.3) is 0 Å². The van der Waals surface area contributed by atoms with Crippen molar-refractivity contribution in [2.45, 2.75) is 63.1 Å². The van der Waals surface area contributed by atoms with Crippen LogP contribution in [0, 0.1) is 5.92 Å². The summed E-state index contributed by atoms with van der Waals surface area (Å²) < 4.78 is 5.28. The lowest BCUT2D eigenvalue weighted by Gasteiger charge is -2.41. The summed E-state index contributed by atoms with van der Waals surface area (Å²) in [5.41, 5.74) is 0. The fraction of sp³-hybridized carbons (Fsp3) is 0.938. The summed E-state index contributed by atoms with van der Waals surface area (Å²) in [6, 6.07) is 0.647. The van der Waals surface area contributed by atoms with Crippen LogP contribution in [0.5, 0.6) is 0 Å². The van der Waals surface area contributed by atoms with Crippen molar-refractivity contribution in [1.82, 2.24) is 10.2 Å². The lowest BCUT2D eigenvalue weighted by Crippen LogP contribution is -2.52. The van der Waals surface area contributed by atoms with E-state index in [9.17, 15) is 9.90 Å². The normalized spacial score (nSPS) is 35.8. The molecule has 1 aliphatic carbocycles. The molecule has 3 unspecified atom stereocenters. The van der Waals surface area contributed by atoms with Gasteiger partial charge < -0.3 is 15.2 Å². The van der Waals surface area contributed by atoms with Crippen LogP contribution in [0.25, 0.3) is 0 Å². The second-order valence-electron chi connectivity index (χ2n) is 6.80. The number of likely N-dealkylation sites (tertiary alicyclic amines) is 1. The van der Waals surface area contributed by atoms with E-state index in [4.69, 9.17) is 4.74 Å². The minimum absolute atomic E-state index is 0.0585. The summed E-state index contributed by atoms with van der Waals surface area (Å²) in [6.07, 6.45) is 7.18. The molecule has 2 N–H and O–H groups in total. The van der Waals surface area contributed by atoms with Crippen molar-refractivity contribution in [2.75, 3.05) is 26.3 Å². The fourth-order valence-corrected chi connectivity index (χ4v) is 3.95. The number of rotatable bonds is 3. The summed E-state index contributed by atoms with van der Waals surface area (Å²) in [5.74, 6) is 0.229. The molecule has 3 aliphatic rings. The van der Waals surface area contributed by atoms with Gasteiger partial charge in [-0.05, 0) is 32.1 Å². The van der Waals surface area contributed by atoms with E-state index in [1.165, 1.54) is 6.42 Å². The topological polar surface area (TPSA) is 61.8 Å². The van der Waals surface area contributed by atoms with Gasteiger partial charge in [0.15, 0.2) is 0 Å². The van der Waals surface area contributed by atoms with Crippen molar-refractivity contribution >= 4 is 5.91 Å². The number of aliphatic hydroxyl groups is 1. The Balaban J connectivity index is 1.43. The van der Waals surface area contributed by atoms with E-state index in [1.54, 1.807) is 0 Å². The van der Waals surface area contributed by atoms with Crippen LogP contribution in [-0.2, 0) is 9.53 Å². The highest BCUT2D eigenvalue weighted by Crippen LogP contribution is 2.26. The van der Waals surface area contributed by atoms with Crippen LogP contribution in [0.4, 0.5) is 0 Å². The van der Waals surface area contributed by atoms with E-state index in [1.807, 2.05) is 0 Å². The number of amides is 1. The Bertz CT molecular complexity index is 349. The molecule has 0 spiro atoms. The Kier molecular flexibility index (Phi) is 5.14. The lowest BCUT2D eigenvalue weighted by molar-refractivity contribution is -0.126. The van der Waals surface area contributed by atoms with Crippen molar-refractivity contribution in [3.63, 3.8) is 0 Å². The molecule has 2 saturated heterocycles. The molecular formula is C16H28N2O3. The highest BCUT2D eigenvalue weighted by atomic mass is 16.5. The Morgan fingerprint density at radius 1 is 1.10 bits per heavy atom. The van der Waals surface area contributed by atoms with Gasteiger partial charge in [0.1, 0.15) is 0 Å². The Morgan fingerprint density at radius 3 is 2.52 bits per heavy atom. The molecule has 0 aromatic carbocycles. The molecule has 2 heterocycles. The molecule has 0 radical (unpaired) electrons. The first-order valence-corrected chi connectivity index (χ1v) is 8.54. The maximum atomic E-state index is 12.1. The number of ether oxygens (including phenoxy) is 1. The predicted octanol–water partition coefficient (Wildman–Crippen LogP) is 0.907. The molecule has 3 atom stereocenters. The van der Waals surface area contributed by atoms with E-state index in [0.29, 0.717) is 18.7 Å². The largest absolute Gasteiger partial charge is 0.391 e. The van der Waals surface area contributed by atoms with Gasteiger partial charge in [0.2, 0.25) is 5.91 Å². The van der Waals surface area contributed by atoms with E-state index in [0.717, 1.165) is 58.2 Å². The van der Waals surface area contributed by atoms with Gasteiger partial charge in [-0.3, -0.25) is 9.69 Å². The second-order valence-corrected chi connectivity index (χ2v) is 6.80.